The average Bonchev–Trinajstić information content (AvgIpc) is 2.76. The molecule has 3 unspecified atom stereocenters. The molecule has 2 saturated carbocycles. The molecule has 82 valence electrons. The van der Waals surface area contributed by atoms with Crippen molar-refractivity contribution in [2.75, 3.05) is 0 Å². The Morgan fingerprint density at radius 1 is 1.36 bits per heavy atom. The van der Waals surface area contributed by atoms with Crippen LogP contribution >= 0.6 is 0 Å². The van der Waals surface area contributed by atoms with Gasteiger partial charge in [0.05, 0.1) is 5.60 Å². The van der Waals surface area contributed by atoms with Crippen molar-refractivity contribution in [2.45, 2.75) is 63.5 Å². The smallest absolute Gasteiger partial charge is 0.0823 e. The molecule has 0 heterocycles. The summed E-state index contributed by atoms with van der Waals surface area (Å²) in [6, 6.07) is 0. The van der Waals surface area contributed by atoms with E-state index in [1.165, 1.54) is 19.3 Å². The van der Waals surface area contributed by atoms with Gasteiger partial charge in [0.1, 0.15) is 0 Å². The molecular weight excluding hydrogens is 174 g/mol. The minimum Gasteiger partial charge on any atom is -0.388 e. The predicted octanol–water partition coefficient (Wildman–Crippen LogP) is 2.06. The monoisotopic (exact) mass is 197 g/mol. The molecule has 2 rings (SSSR count). The fourth-order valence-electron chi connectivity index (χ4n) is 3.85. The van der Waals surface area contributed by atoms with E-state index >= 15 is 0 Å². The SMILES string of the molecule is CCC(O)(CC)C1(N)CC2CCC1C2. The quantitative estimate of drug-likeness (QED) is 0.727. The summed E-state index contributed by atoms with van der Waals surface area (Å²) >= 11 is 0. The zero-order valence-corrected chi connectivity index (χ0v) is 9.42. The molecular formula is C12H23NO. The molecule has 2 aliphatic rings. The van der Waals surface area contributed by atoms with Gasteiger partial charge in [-0.3, -0.25) is 0 Å². The largest absolute Gasteiger partial charge is 0.388 e. The van der Waals surface area contributed by atoms with Crippen molar-refractivity contribution >= 4 is 0 Å². The number of hydrogen-bond acceptors (Lipinski definition) is 2. The lowest BCUT2D eigenvalue weighted by atomic mass is 9.67. The Bertz CT molecular complexity index is 224. The van der Waals surface area contributed by atoms with Gasteiger partial charge >= 0.3 is 0 Å². The summed E-state index contributed by atoms with van der Waals surface area (Å²) in [5.74, 6) is 1.38. The van der Waals surface area contributed by atoms with Gasteiger partial charge in [0, 0.05) is 5.54 Å². The lowest BCUT2D eigenvalue weighted by Gasteiger charge is -2.47. The molecule has 2 bridgehead atoms. The summed E-state index contributed by atoms with van der Waals surface area (Å²) in [7, 11) is 0. The van der Waals surface area contributed by atoms with E-state index in [1.54, 1.807) is 0 Å². The van der Waals surface area contributed by atoms with Gasteiger partial charge < -0.3 is 10.8 Å². The van der Waals surface area contributed by atoms with Crippen LogP contribution in [0.1, 0.15) is 52.4 Å². The van der Waals surface area contributed by atoms with Crippen molar-refractivity contribution in [1.82, 2.24) is 0 Å². The van der Waals surface area contributed by atoms with Crippen LogP contribution in [-0.2, 0) is 0 Å². The third-order valence-corrected chi connectivity index (χ3v) is 4.93. The molecule has 0 radical (unpaired) electrons. The number of nitrogens with two attached hydrogens (primary N) is 1. The summed E-state index contributed by atoms with van der Waals surface area (Å²) in [6.07, 6.45) is 6.48. The number of fused-ring (bicyclic) bond motifs is 2. The zero-order chi connectivity index (χ0) is 10.4. The van der Waals surface area contributed by atoms with Crippen LogP contribution in [0.4, 0.5) is 0 Å². The summed E-state index contributed by atoms with van der Waals surface area (Å²) < 4.78 is 0. The van der Waals surface area contributed by atoms with Crippen molar-refractivity contribution in [1.29, 1.82) is 0 Å². The van der Waals surface area contributed by atoms with E-state index in [-0.39, 0.29) is 5.54 Å². The summed E-state index contributed by atoms with van der Waals surface area (Å²) in [6.45, 7) is 4.12. The molecule has 0 amide bonds. The Labute approximate surface area is 86.9 Å². The van der Waals surface area contributed by atoms with Gasteiger partial charge in [-0.25, -0.2) is 0 Å². The Kier molecular flexibility index (Phi) is 2.39. The summed E-state index contributed by atoms with van der Waals surface area (Å²) in [4.78, 5) is 0. The molecule has 0 spiro atoms. The first-order valence-electron chi connectivity index (χ1n) is 6.07. The fourth-order valence-corrected chi connectivity index (χ4v) is 3.85. The molecule has 0 aromatic carbocycles. The van der Waals surface area contributed by atoms with Crippen LogP contribution in [0, 0.1) is 11.8 Å². The first-order chi connectivity index (χ1) is 6.55. The number of rotatable bonds is 3. The Morgan fingerprint density at radius 3 is 2.36 bits per heavy atom. The summed E-state index contributed by atoms with van der Waals surface area (Å²) in [5.41, 5.74) is 5.60. The zero-order valence-electron chi connectivity index (χ0n) is 9.42. The van der Waals surface area contributed by atoms with Gasteiger partial charge in [-0.15, -0.1) is 0 Å². The van der Waals surface area contributed by atoms with Gasteiger partial charge in [0.25, 0.3) is 0 Å². The van der Waals surface area contributed by atoms with E-state index in [0.29, 0.717) is 5.92 Å². The highest BCUT2D eigenvalue weighted by atomic mass is 16.3. The molecule has 0 aromatic rings. The lowest BCUT2D eigenvalue weighted by molar-refractivity contribution is -0.0657. The van der Waals surface area contributed by atoms with Crippen LogP contribution in [0.25, 0.3) is 0 Å². The molecule has 0 aliphatic heterocycles. The molecule has 3 atom stereocenters. The first-order valence-corrected chi connectivity index (χ1v) is 6.07. The second-order valence-corrected chi connectivity index (χ2v) is 5.36. The highest BCUT2D eigenvalue weighted by Gasteiger charge is 2.57. The highest BCUT2D eigenvalue weighted by molar-refractivity contribution is 5.13. The van der Waals surface area contributed by atoms with Crippen LogP contribution in [-0.4, -0.2) is 16.2 Å². The third kappa shape index (κ3) is 1.17. The normalized spacial score (nSPS) is 42.0. The summed E-state index contributed by atoms with van der Waals surface area (Å²) in [5, 5.41) is 10.6. The van der Waals surface area contributed by atoms with Crippen LogP contribution in [0.3, 0.4) is 0 Å². The van der Waals surface area contributed by atoms with Gasteiger partial charge in [0.15, 0.2) is 0 Å². The van der Waals surface area contributed by atoms with Gasteiger partial charge in [-0.2, -0.15) is 0 Å². The van der Waals surface area contributed by atoms with E-state index in [0.717, 1.165) is 25.2 Å². The molecule has 2 heteroatoms. The van der Waals surface area contributed by atoms with Gasteiger partial charge in [-0.05, 0) is 43.9 Å². The minimum absolute atomic E-state index is 0.278. The molecule has 2 nitrogen and oxygen atoms in total. The second-order valence-electron chi connectivity index (χ2n) is 5.36. The second kappa shape index (κ2) is 3.21. The van der Waals surface area contributed by atoms with E-state index in [4.69, 9.17) is 5.73 Å². The van der Waals surface area contributed by atoms with E-state index < -0.39 is 5.60 Å². The van der Waals surface area contributed by atoms with Crippen molar-refractivity contribution in [3.63, 3.8) is 0 Å². The van der Waals surface area contributed by atoms with Crippen molar-refractivity contribution in [2.24, 2.45) is 17.6 Å². The van der Waals surface area contributed by atoms with E-state index in [9.17, 15) is 5.11 Å². The van der Waals surface area contributed by atoms with Crippen LogP contribution in [0.2, 0.25) is 0 Å². The standard InChI is InChI=1S/C12H23NO/c1-3-11(14,4-2)12(13)8-9-5-6-10(12)7-9/h9-10,14H,3-8,13H2,1-2H3. The number of aliphatic hydroxyl groups is 1. The van der Waals surface area contributed by atoms with Crippen LogP contribution < -0.4 is 5.73 Å². The van der Waals surface area contributed by atoms with E-state index in [1.807, 2.05) is 0 Å². The van der Waals surface area contributed by atoms with Crippen molar-refractivity contribution in [3.05, 3.63) is 0 Å². The van der Waals surface area contributed by atoms with Gasteiger partial charge in [0.2, 0.25) is 0 Å². The van der Waals surface area contributed by atoms with E-state index in [2.05, 4.69) is 13.8 Å². The topological polar surface area (TPSA) is 46.2 Å². The first kappa shape index (κ1) is 10.4. The van der Waals surface area contributed by atoms with Crippen molar-refractivity contribution < 1.29 is 5.11 Å². The molecule has 14 heavy (non-hydrogen) atoms. The molecule has 3 N–H and O–H groups in total. The average molecular weight is 197 g/mol. The Morgan fingerprint density at radius 2 is 2.00 bits per heavy atom. The minimum atomic E-state index is -0.618. The maximum atomic E-state index is 10.6. The molecule has 0 aromatic heterocycles. The van der Waals surface area contributed by atoms with Crippen LogP contribution in [0.5, 0.6) is 0 Å². The molecule has 2 fully saturated rings. The fraction of sp³-hybridized carbons (Fsp3) is 1.00. The highest BCUT2D eigenvalue weighted by Crippen LogP contribution is 2.54. The maximum absolute atomic E-state index is 10.6. The lowest BCUT2D eigenvalue weighted by Crippen LogP contribution is -2.63. The number of hydrogen-bond donors (Lipinski definition) is 2. The molecule has 0 saturated heterocycles. The predicted molar refractivity (Wildman–Crippen MR) is 57.9 cm³/mol. The molecule has 2 aliphatic carbocycles. The third-order valence-electron chi connectivity index (χ3n) is 4.93. The maximum Gasteiger partial charge on any atom is 0.0823 e. The Hall–Kier alpha value is -0.0800. The van der Waals surface area contributed by atoms with Crippen LogP contribution in [0.15, 0.2) is 0 Å². The van der Waals surface area contributed by atoms with Gasteiger partial charge in [-0.1, -0.05) is 20.3 Å². The Balaban J connectivity index is 2.23. The van der Waals surface area contributed by atoms with Crippen molar-refractivity contribution in [3.8, 4) is 0 Å².